The number of allylic oxidation sites excluding steroid dienone is 1. The first-order valence-corrected chi connectivity index (χ1v) is 4.39. The summed E-state index contributed by atoms with van der Waals surface area (Å²) in [6.45, 7) is 1.78. The van der Waals surface area contributed by atoms with E-state index in [0.717, 1.165) is 0 Å². The molecule has 78 valence electrons. The highest BCUT2D eigenvalue weighted by atomic mass is 16.5. The van der Waals surface area contributed by atoms with E-state index in [-0.39, 0.29) is 11.9 Å². The van der Waals surface area contributed by atoms with Crippen LogP contribution in [0.15, 0.2) is 11.6 Å². The van der Waals surface area contributed by atoms with Gasteiger partial charge in [-0.15, -0.1) is 0 Å². The molecule has 0 aliphatic heterocycles. The summed E-state index contributed by atoms with van der Waals surface area (Å²) in [4.78, 5) is 22.6. The molecule has 0 aromatic heterocycles. The SMILES string of the molecule is COC(=O)C1=CCC(C)(C(=O)OC)C1. The molecular formula is C10H14O4. The first-order valence-electron chi connectivity index (χ1n) is 4.39. The Morgan fingerprint density at radius 2 is 2.00 bits per heavy atom. The molecule has 1 aliphatic rings. The second-order valence-corrected chi connectivity index (χ2v) is 3.65. The maximum atomic E-state index is 11.4. The summed E-state index contributed by atoms with van der Waals surface area (Å²) < 4.78 is 9.26. The summed E-state index contributed by atoms with van der Waals surface area (Å²) in [6, 6.07) is 0. The van der Waals surface area contributed by atoms with Crippen LogP contribution in [0.5, 0.6) is 0 Å². The number of rotatable bonds is 2. The molecule has 0 fully saturated rings. The second kappa shape index (κ2) is 3.82. The largest absolute Gasteiger partial charge is 0.469 e. The summed E-state index contributed by atoms with van der Waals surface area (Å²) in [5.74, 6) is -0.648. The lowest BCUT2D eigenvalue weighted by Gasteiger charge is -2.20. The maximum Gasteiger partial charge on any atom is 0.333 e. The number of carbonyl (C=O) groups is 2. The number of ether oxygens (including phenoxy) is 2. The van der Waals surface area contributed by atoms with E-state index in [2.05, 4.69) is 9.47 Å². The molecule has 0 saturated carbocycles. The van der Waals surface area contributed by atoms with Gasteiger partial charge in [-0.25, -0.2) is 4.79 Å². The lowest BCUT2D eigenvalue weighted by atomic mass is 9.87. The van der Waals surface area contributed by atoms with E-state index < -0.39 is 5.41 Å². The Labute approximate surface area is 82.9 Å². The van der Waals surface area contributed by atoms with Crippen LogP contribution in [0.2, 0.25) is 0 Å². The maximum absolute atomic E-state index is 11.4. The van der Waals surface area contributed by atoms with Gasteiger partial charge in [0.1, 0.15) is 0 Å². The van der Waals surface area contributed by atoms with Crippen LogP contribution < -0.4 is 0 Å². The molecule has 0 radical (unpaired) electrons. The molecule has 0 bridgehead atoms. The van der Waals surface area contributed by atoms with Crippen molar-refractivity contribution in [1.29, 1.82) is 0 Å². The van der Waals surface area contributed by atoms with Crippen molar-refractivity contribution in [2.24, 2.45) is 5.41 Å². The first-order chi connectivity index (χ1) is 6.53. The fourth-order valence-corrected chi connectivity index (χ4v) is 1.60. The Kier molecular flexibility index (Phi) is 2.93. The molecule has 0 amide bonds. The van der Waals surface area contributed by atoms with Gasteiger partial charge in [0.15, 0.2) is 0 Å². The fraction of sp³-hybridized carbons (Fsp3) is 0.600. The van der Waals surface area contributed by atoms with Gasteiger partial charge in [-0.2, -0.15) is 0 Å². The molecule has 4 nitrogen and oxygen atoms in total. The smallest absolute Gasteiger partial charge is 0.333 e. The third-order valence-corrected chi connectivity index (χ3v) is 2.51. The number of hydrogen-bond donors (Lipinski definition) is 0. The van der Waals surface area contributed by atoms with Crippen LogP contribution in [0.3, 0.4) is 0 Å². The van der Waals surface area contributed by atoms with E-state index in [4.69, 9.17) is 0 Å². The Morgan fingerprint density at radius 3 is 2.50 bits per heavy atom. The molecule has 0 spiro atoms. The van der Waals surface area contributed by atoms with Crippen LogP contribution in [-0.4, -0.2) is 26.2 Å². The molecule has 0 heterocycles. The van der Waals surface area contributed by atoms with Crippen molar-refractivity contribution in [2.75, 3.05) is 14.2 Å². The molecule has 0 aromatic rings. The van der Waals surface area contributed by atoms with Crippen LogP contribution in [0, 0.1) is 5.41 Å². The van der Waals surface area contributed by atoms with Crippen molar-refractivity contribution < 1.29 is 19.1 Å². The van der Waals surface area contributed by atoms with Gasteiger partial charge >= 0.3 is 11.9 Å². The molecule has 0 saturated heterocycles. The Balaban J connectivity index is 2.70. The topological polar surface area (TPSA) is 52.6 Å². The van der Waals surface area contributed by atoms with Gasteiger partial charge in [0.05, 0.1) is 19.6 Å². The number of carbonyl (C=O) groups excluding carboxylic acids is 2. The fourth-order valence-electron chi connectivity index (χ4n) is 1.60. The van der Waals surface area contributed by atoms with Crippen molar-refractivity contribution in [3.8, 4) is 0 Å². The summed E-state index contributed by atoms with van der Waals surface area (Å²) >= 11 is 0. The Morgan fingerprint density at radius 1 is 1.36 bits per heavy atom. The zero-order valence-corrected chi connectivity index (χ0v) is 8.62. The van der Waals surface area contributed by atoms with Crippen molar-refractivity contribution >= 4 is 11.9 Å². The molecule has 0 N–H and O–H groups in total. The Hall–Kier alpha value is -1.32. The molecule has 4 heteroatoms. The van der Waals surface area contributed by atoms with Crippen molar-refractivity contribution in [3.63, 3.8) is 0 Å². The highest BCUT2D eigenvalue weighted by Gasteiger charge is 2.40. The van der Waals surface area contributed by atoms with Gasteiger partial charge < -0.3 is 9.47 Å². The molecule has 1 atom stereocenters. The summed E-state index contributed by atoms with van der Waals surface area (Å²) in [7, 11) is 2.68. The third kappa shape index (κ3) is 1.78. The highest BCUT2D eigenvalue weighted by Crippen LogP contribution is 2.38. The molecular weight excluding hydrogens is 184 g/mol. The summed E-state index contributed by atoms with van der Waals surface area (Å²) in [5.41, 5.74) is -0.0430. The summed E-state index contributed by atoms with van der Waals surface area (Å²) in [6.07, 6.45) is 2.67. The van der Waals surface area contributed by atoms with E-state index in [1.165, 1.54) is 14.2 Å². The minimum absolute atomic E-state index is 0.285. The predicted molar refractivity (Wildman–Crippen MR) is 49.5 cm³/mol. The minimum Gasteiger partial charge on any atom is -0.469 e. The first kappa shape index (κ1) is 10.8. The lowest BCUT2D eigenvalue weighted by molar-refractivity contribution is -0.151. The van der Waals surface area contributed by atoms with Gasteiger partial charge in [-0.1, -0.05) is 6.08 Å². The van der Waals surface area contributed by atoms with E-state index in [1.54, 1.807) is 13.0 Å². The predicted octanol–water partition coefficient (Wildman–Crippen LogP) is 1.06. The second-order valence-electron chi connectivity index (χ2n) is 3.65. The van der Waals surface area contributed by atoms with E-state index in [9.17, 15) is 9.59 Å². The average Bonchev–Trinajstić information content (AvgIpc) is 2.60. The third-order valence-electron chi connectivity index (χ3n) is 2.51. The van der Waals surface area contributed by atoms with E-state index in [1.807, 2.05) is 0 Å². The number of methoxy groups -OCH3 is 2. The van der Waals surface area contributed by atoms with Crippen LogP contribution in [0.1, 0.15) is 19.8 Å². The average molecular weight is 198 g/mol. The van der Waals surface area contributed by atoms with E-state index >= 15 is 0 Å². The number of esters is 2. The minimum atomic E-state index is -0.599. The molecule has 0 aromatic carbocycles. The van der Waals surface area contributed by atoms with E-state index in [0.29, 0.717) is 18.4 Å². The van der Waals surface area contributed by atoms with Crippen LogP contribution in [0.4, 0.5) is 0 Å². The monoisotopic (exact) mass is 198 g/mol. The lowest BCUT2D eigenvalue weighted by Crippen LogP contribution is -2.27. The van der Waals surface area contributed by atoms with Crippen LogP contribution in [-0.2, 0) is 19.1 Å². The number of hydrogen-bond acceptors (Lipinski definition) is 4. The van der Waals surface area contributed by atoms with Gasteiger partial charge in [0.25, 0.3) is 0 Å². The van der Waals surface area contributed by atoms with Crippen LogP contribution >= 0.6 is 0 Å². The van der Waals surface area contributed by atoms with Gasteiger partial charge in [0.2, 0.25) is 0 Å². The molecule has 14 heavy (non-hydrogen) atoms. The Bertz CT molecular complexity index is 292. The highest BCUT2D eigenvalue weighted by molar-refractivity contribution is 5.91. The molecule has 1 rings (SSSR count). The van der Waals surface area contributed by atoms with Gasteiger partial charge in [-0.05, 0) is 19.8 Å². The standard InChI is InChI=1S/C10H14O4/c1-10(9(12)14-3)5-4-7(6-10)8(11)13-2/h4H,5-6H2,1-3H3. The molecule has 1 aliphatic carbocycles. The van der Waals surface area contributed by atoms with Crippen LogP contribution in [0.25, 0.3) is 0 Å². The van der Waals surface area contributed by atoms with Gasteiger partial charge in [0, 0.05) is 5.57 Å². The van der Waals surface area contributed by atoms with Gasteiger partial charge in [-0.3, -0.25) is 4.79 Å². The zero-order valence-electron chi connectivity index (χ0n) is 8.62. The van der Waals surface area contributed by atoms with Crippen molar-refractivity contribution in [1.82, 2.24) is 0 Å². The summed E-state index contributed by atoms with van der Waals surface area (Å²) in [5, 5.41) is 0. The van der Waals surface area contributed by atoms with Crippen molar-refractivity contribution in [3.05, 3.63) is 11.6 Å². The molecule has 1 unspecified atom stereocenters. The quantitative estimate of drug-likeness (QED) is 0.622. The zero-order chi connectivity index (χ0) is 10.8. The normalized spacial score (nSPS) is 25.5. The van der Waals surface area contributed by atoms with Crippen molar-refractivity contribution in [2.45, 2.75) is 19.8 Å².